The van der Waals surface area contributed by atoms with Crippen LogP contribution in [0.3, 0.4) is 0 Å². The molecule has 1 fully saturated rings. The summed E-state index contributed by atoms with van der Waals surface area (Å²) in [6, 6.07) is 8.28. The maximum absolute atomic E-state index is 11.0. The van der Waals surface area contributed by atoms with E-state index in [1.54, 1.807) is 0 Å². The van der Waals surface area contributed by atoms with Crippen molar-refractivity contribution in [3.05, 3.63) is 35.9 Å². The van der Waals surface area contributed by atoms with Gasteiger partial charge in [0.25, 0.3) is 0 Å². The van der Waals surface area contributed by atoms with Crippen molar-refractivity contribution in [1.82, 2.24) is 4.90 Å². The summed E-state index contributed by atoms with van der Waals surface area (Å²) in [5, 5.41) is 9.00. The summed E-state index contributed by atoms with van der Waals surface area (Å²) in [4.78, 5) is 12.4. The van der Waals surface area contributed by atoms with Crippen molar-refractivity contribution >= 4 is 11.7 Å². The van der Waals surface area contributed by atoms with Gasteiger partial charge in [0.1, 0.15) is 5.75 Å². The van der Waals surface area contributed by atoms with Gasteiger partial charge >= 0.3 is 6.09 Å². The number of carbonyl (C=O) groups is 1. The number of ether oxygens (including phenoxy) is 1. The molecule has 4 heteroatoms. The average Bonchev–Trinajstić information content (AvgIpc) is 2.63. The zero-order valence-electron chi connectivity index (χ0n) is 14.4. The Balaban J connectivity index is 1.55. The van der Waals surface area contributed by atoms with Crippen molar-refractivity contribution in [2.75, 3.05) is 13.1 Å². The van der Waals surface area contributed by atoms with Crippen molar-refractivity contribution in [3.8, 4) is 5.75 Å². The van der Waals surface area contributed by atoms with E-state index in [-0.39, 0.29) is 0 Å². The zero-order chi connectivity index (χ0) is 16.9. The molecule has 0 atom stereocenters. The quantitative estimate of drug-likeness (QED) is 0.863. The van der Waals surface area contributed by atoms with E-state index >= 15 is 0 Å². The van der Waals surface area contributed by atoms with Gasteiger partial charge in [0.15, 0.2) is 0 Å². The largest absolute Gasteiger partial charge is 0.490 e. The molecule has 3 rings (SSSR count). The van der Waals surface area contributed by atoms with E-state index in [0.29, 0.717) is 19.2 Å². The summed E-state index contributed by atoms with van der Waals surface area (Å²) >= 11 is 0. The highest BCUT2D eigenvalue weighted by molar-refractivity contribution is 5.71. The Kier molecular flexibility index (Phi) is 5.44. The minimum atomic E-state index is -0.841. The smallest absolute Gasteiger partial charge is 0.407 e. The van der Waals surface area contributed by atoms with E-state index in [1.165, 1.54) is 35.3 Å². The molecule has 1 N–H and O–H groups in total. The fourth-order valence-electron chi connectivity index (χ4n) is 3.70. The van der Waals surface area contributed by atoms with Crippen LogP contribution >= 0.6 is 0 Å². The molecule has 0 aromatic heterocycles. The number of amides is 1. The zero-order valence-corrected chi connectivity index (χ0v) is 14.4. The van der Waals surface area contributed by atoms with Crippen LogP contribution in [0, 0.1) is 5.92 Å². The first kappa shape index (κ1) is 16.9. The van der Waals surface area contributed by atoms with E-state index in [2.05, 4.69) is 19.1 Å². The number of carboxylic acid groups (broad SMARTS) is 1. The Hall–Kier alpha value is -1.97. The molecule has 1 aromatic carbocycles. The molecular formula is C20H27NO3. The Morgan fingerprint density at radius 3 is 2.46 bits per heavy atom. The normalized spacial score (nSPS) is 24.4. The van der Waals surface area contributed by atoms with Gasteiger partial charge in [0.05, 0.1) is 6.10 Å². The lowest BCUT2D eigenvalue weighted by atomic mass is 9.86. The molecule has 0 bridgehead atoms. The molecule has 1 heterocycles. The number of hydrogen-bond donors (Lipinski definition) is 1. The number of rotatable bonds is 4. The summed E-state index contributed by atoms with van der Waals surface area (Å²) < 4.78 is 6.13. The van der Waals surface area contributed by atoms with Gasteiger partial charge < -0.3 is 14.7 Å². The lowest BCUT2D eigenvalue weighted by Gasteiger charge is -2.28. The van der Waals surface area contributed by atoms with E-state index in [9.17, 15) is 4.79 Å². The third-order valence-corrected chi connectivity index (χ3v) is 5.38. The van der Waals surface area contributed by atoms with Crippen LogP contribution in [0.4, 0.5) is 4.79 Å². The third-order valence-electron chi connectivity index (χ3n) is 5.38. The molecule has 0 spiro atoms. The van der Waals surface area contributed by atoms with Gasteiger partial charge in [0, 0.05) is 13.1 Å². The second kappa shape index (κ2) is 7.73. The fraction of sp³-hybridized carbons (Fsp3) is 0.550. The molecule has 2 aliphatic rings. The molecule has 1 aromatic rings. The standard InChI is InChI=1S/C20H27NO3/c1-2-15-3-7-18(8-4-15)24-19-9-5-16(6-10-19)17-11-13-21(14-12-17)20(22)23/h5-6,9-11,15,18H,2-4,7-8,12-14H2,1H3,(H,22,23)/t15-,18+. The predicted molar refractivity (Wildman–Crippen MR) is 95.3 cm³/mol. The van der Waals surface area contributed by atoms with Crippen LogP contribution in [0.25, 0.3) is 5.57 Å². The van der Waals surface area contributed by atoms with Crippen molar-refractivity contribution < 1.29 is 14.6 Å². The van der Waals surface area contributed by atoms with Crippen LogP contribution in [0.15, 0.2) is 30.3 Å². The summed E-state index contributed by atoms with van der Waals surface area (Å²) in [7, 11) is 0. The van der Waals surface area contributed by atoms with Crippen LogP contribution in [0.2, 0.25) is 0 Å². The summed E-state index contributed by atoms with van der Waals surface area (Å²) in [6.45, 7) is 3.32. The Morgan fingerprint density at radius 1 is 1.21 bits per heavy atom. The van der Waals surface area contributed by atoms with Crippen molar-refractivity contribution in [2.24, 2.45) is 5.92 Å². The summed E-state index contributed by atoms with van der Waals surface area (Å²) in [6.07, 6.45) is 8.48. The van der Waals surface area contributed by atoms with Crippen LogP contribution in [0.5, 0.6) is 5.75 Å². The lowest BCUT2D eigenvalue weighted by Crippen LogP contribution is -2.33. The second-order valence-electron chi connectivity index (χ2n) is 6.90. The van der Waals surface area contributed by atoms with Crippen LogP contribution in [0.1, 0.15) is 51.0 Å². The third kappa shape index (κ3) is 4.11. The maximum atomic E-state index is 11.0. The van der Waals surface area contributed by atoms with E-state index in [1.807, 2.05) is 18.2 Å². The first-order valence-electron chi connectivity index (χ1n) is 9.09. The fourth-order valence-corrected chi connectivity index (χ4v) is 3.70. The van der Waals surface area contributed by atoms with Crippen molar-refractivity contribution in [1.29, 1.82) is 0 Å². The molecule has 0 unspecified atom stereocenters. The monoisotopic (exact) mass is 329 g/mol. The van der Waals surface area contributed by atoms with Gasteiger partial charge in [-0.1, -0.05) is 31.6 Å². The van der Waals surface area contributed by atoms with Crippen LogP contribution < -0.4 is 4.74 Å². The highest BCUT2D eigenvalue weighted by Gasteiger charge is 2.21. The molecule has 130 valence electrons. The van der Waals surface area contributed by atoms with E-state index < -0.39 is 6.09 Å². The van der Waals surface area contributed by atoms with Crippen molar-refractivity contribution in [3.63, 3.8) is 0 Å². The van der Waals surface area contributed by atoms with E-state index in [4.69, 9.17) is 9.84 Å². The molecule has 0 saturated heterocycles. The van der Waals surface area contributed by atoms with Gasteiger partial charge in [-0.15, -0.1) is 0 Å². The first-order valence-corrected chi connectivity index (χ1v) is 9.09. The van der Waals surface area contributed by atoms with Crippen molar-refractivity contribution in [2.45, 2.75) is 51.6 Å². The SMILES string of the molecule is CC[C@H]1CC[C@@H](Oc2ccc(C3=CCN(C(=O)O)CC3)cc2)CC1. The molecule has 1 saturated carbocycles. The highest BCUT2D eigenvalue weighted by Crippen LogP contribution is 2.30. The number of hydrogen-bond acceptors (Lipinski definition) is 2. The Labute approximate surface area is 144 Å². The van der Waals surface area contributed by atoms with Gasteiger partial charge in [-0.05, 0) is 61.3 Å². The van der Waals surface area contributed by atoms with Gasteiger partial charge in [0.2, 0.25) is 0 Å². The van der Waals surface area contributed by atoms with Gasteiger partial charge in [-0.3, -0.25) is 0 Å². The molecule has 24 heavy (non-hydrogen) atoms. The minimum Gasteiger partial charge on any atom is -0.490 e. The number of benzene rings is 1. The van der Waals surface area contributed by atoms with Gasteiger partial charge in [-0.25, -0.2) is 4.79 Å². The molecule has 4 nitrogen and oxygen atoms in total. The van der Waals surface area contributed by atoms with Crippen LogP contribution in [-0.2, 0) is 0 Å². The maximum Gasteiger partial charge on any atom is 0.407 e. The Bertz CT molecular complexity index is 585. The summed E-state index contributed by atoms with van der Waals surface area (Å²) in [5.74, 6) is 1.83. The Morgan fingerprint density at radius 2 is 1.92 bits per heavy atom. The molecule has 1 aliphatic carbocycles. The highest BCUT2D eigenvalue weighted by atomic mass is 16.5. The first-order chi connectivity index (χ1) is 11.7. The average molecular weight is 329 g/mol. The van der Waals surface area contributed by atoms with Crippen LogP contribution in [-0.4, -0.2) is 35.3 Å². The predicted octanol–water partition coefficient (Wildman–Crippen LogP) is 4.80. The molecule has 1 amide bonds. The molecular weight excluding hydrogens is 302 g/mol. The van der Waals surface area contributed by atoms with Gasteiger partial charge in [-0.2, -0.15) is 0 Å². The number of nitrogens with zero attached hydrogens (tertiary/aromatic N) is 1. The summed E-state index contributed by atoms with van der Waals surface area (Å²) in [5.41, 5.74) is 2.39. The minimum absolute atomic E-state index is 0.358. The molecule has 1 aliphatic heterocycles. The molecule has 0 radical (unpaired) electrons. The second-order valence-corrected chi connectivity index (χ2v) is 6.90. The topological polar surface area (TPSA) is 49.8 Å². The lowest BCUT2D eigenvalue weighted by molar-refractivity contribution is 0.130. The van der Waals surface area contributed by atoms with E-state index in [0.717, 1.165) is 30.9 Å².